The molecule has 9 heteroatoms. The summed E-state index contributed by atoms with van der Waals surface area (Å²) in [6.07, 6.45) is 1.65. The Morgan fingerprint density at radius 3 is 2.05 bits per heavy atom. The summed E-state index contributed by atoms with van der Waals surface area (Å²) in [5.41, 5.74) is 3.82. The average molecular weight is 608 g/mol. The van der Waals surface area contributed by atoms with Crippen molar-refractivity contribution in [2.75, 3.05) is 17.2 Å². The number of rotatable bonds is 11. The van der Waals surface area contributed by atoms with E-state index in [2.05, 4.69) is 16.0 Å². The van der Waals surface area contributed by atoms with E-state index in [9.17, 15) is 19.2 Å². The number of esters is 1. The molecule has 3 N–H and O–H groups in total. The Morgan fingerprint density at radius 1 is 0.773 bits per heavy atom. The molecule has 0 aliphatic rings. The maximum Gasteiger partial charge on any atom is 0.338 e. The van der Waals surface area contributed by atoms with Crippen LogP contribution < -0.4 is 16.0 Å². The predicted molar refractivity (Wildman–Crippen MR) is 174 cm³/mol. The molecule has 0 aliphatic heterocycles. The summed E-state index contributed by atoms with van der Waals surface area (Å²) >= 11 is 1.36. The lowest BCUT2D eigenvalue weighted by atomic mass is 10.1. The number of carbonyl (C=O) groups excluding carboxylic acids is 4. The van der Waals surface area contributed by atoms with Crippen molar-refractivity contribution in [2.24, 2.45) is 0 Å². The molecule has 0 fully saturated rings. The Hall–Kier alpha value is -5.15. The van der Waals surface area contributed by atoms with Gasteiger partial charge in [-0.1, -0.05) is 42.5 Å². The number of anilines is 2. The Balaban J connectivity index is 1.39. The van der Waals surface area contributed by atoms with Crippen LogP contribution in [0.4, 0.5) is 11.4 Å². The summed E-state index contributed by atoms with van der Waals surface area (Å²) in [5, 5.41) is 8.04. The first kappa shape index (κ1) is 31.8. The van der Waals surface area contributed by atoms with Crippen LogP contribution >= 0.6 is 11.8 Å². The number of hydrogen-bond donors (Lipinski definition) is 3. The van der Waals surface area contributed by atoms with Gasteiger partial charge < -0.3 is 20.7 Å². The van der Waals surface area contributed by atoms with E-state index in [1.807, 2.05) is 49.4 Å². The number of carbonyl (C=O) groups is 4. The van der Waals surface area contributed by atoms with E-state index >= 15 is 0 Å². The lowest BCUT2D eigenvalue weighted by Gasteiger charge is -2.14. The molecule has 1 unspecified atom stereocenters. The minimum Gasteiger partial charge on any atom is -0.462 e. The number of ether oxygens (including phenoxy) is 1. The molecule has 0 bridgehead atoms. The van der Waals surface area contributed by atoms with Crippen LogP contribution in [0.15, 0.2) is 114 Å². The molecule has 0 heterocycles. The number of amides is 3. The van der Waals surface area contributed by atoms with Gasteiger partial charge in [0.15, 0.2) is 0 Å². The van der Waals surface area contributed by atoms with Gasteiger partial charge in [-0.15, -0.1) is 11.8 Å². The van der Waals surface area contributed by atoms with Crippen molar-refractivity contribution >= 4 is 52.9 Å². The van der Waals surface area contributed by atoms with Crippen LogP contribution in [-0.4, -0.2) is 35.5 Å². The molecule has 4 aromatic carbocycles. The third-order valence-corrected chi connectivity index (χ3v) is 7.59. The molecule has 8 nitrogen and oxygen atoms in total. The lowest BCUT2D eigenvalue weighted by Crippen LogP contribution is -2.30. The molecule has 224 valence electrons. The van der Waals surface area contributed by atoms with Gasteiger partial charge in [0, 0.05) is 21.8 Å². The van der Waals surface area contributed by atoms with E-state index in [-0.39, 0.29) is 11.6 Å². The largest absolute Gasteiger partial charge is 0.462 e. The second kappa shape index (κ2) is 15.4. The third kappa shape index (κ3) is 8.92. The van der Waals surface area contributed by atoms with Gasteiger partial charge in [0.1, 0.15) is 5.70 Å². The van der Waals surface area contributed by atoms with Crippen LogP contribution in [0, 0.1) is 6.92 Å². The van der Waals surface area contributed by atoms with Gasteiger partial charge in [-0.05, 0) is 98.6 Å². The molecule has 0 radical (unpaired) electrons. The van der Waals surface area contributed by atoms with Crippen molar-refractivity contribution in [1.29, 1.82) is 0 Å². The zero-order valence-electron chi connectivity index (χ0n) is 24.6. The van der Waals surface area contributed by atoms with Crippen molar-refractivity contribution in [1.82, 2.24) is 5.32 Å². The Morgan fingerprint density at radius 2 is 1.39 bits per heavy atom. The summed E-state index contributed by atoms with van der Waals surface area (Å²) in [4.78, 5) is 51.7. The maximum absolute atomic E-state index is 13.3. The Kier molecular flexibility index (Phi) is 11.1. The van der Waals surface area contributed by atoms with Crippen molar-refractivity contribution < 1.29 is 23.9 Å². The number of nitrogens with one attached hydrogen (secondary N) is 3. The highest BCUT2D eigenvalue weighted by atomic mass is 32.2. The second-order valence-corrected chi connectivity index (χ2v) is 11.2. The van der Waals surface area contributed by atoms with Gasteiger partial charge in [0.25, 0.3) is 11.8 Å². The smallest absolute Gasteiger partial charge is 0.338 e. The van der Waals surface area contributed by atoms with Gasteiger partial charge in [-0.2, -0.15) is 0 Å². The average Bonchev–Trinajstić information content (AvgIpc) is 3.03. The molecule has 0 saturated carbocycles. The van der Waals surface area contributed by atoms with Crippen LogP contribution in [0.25, 0.3) is 6.08 Å². The number of hydrogen-bond acceptors (Lipinski definition) is 6. The molecular formula is C35H33N3O5S. The summed E-state index contributed by atoms with van der Waals surface area (Å²) in [7, 11) is 0. The minimum absolute atomic E-state index is 0.104. The van der Waals surface area contributed by atoms with Crippen molar-refractivity contribution in [3.05, 3.63) is 131 Å². The quantitative estimate of drug-likeness (QED) is 0.0994. The molecule has 0 aliphatic carbocycles. The molecule has 4 rings (SSSR count). The van der Waals surface area contributed by atoms with Crippen molar-refractivity contribution in [3.63, 3.8) is 0 Å². The number of thioether (sulfide) groups is 1. The van der Waals surface area contributed by atoms with E-state index in [4.69, 9.17) is 4.74 Å². The summed E-state index contributed by atoms with van der Waals surface area (Å²) in [5.74, 6) is -1.48. The highest BCUT2D eigenvalue weighted by Gasteiger charge is 2.17. The normalized spacial score (nSPS) is 11.7. The van der Waals surface area contributed by atoms with Crippen LogP contribution in [0.1, 0.15) is 45.7 Å². The van der Waals surface area contributed by atoms with E-state index in [1.165, 1.54) is 11.8 Å². The highest BCUT2D eigenvalue weighted by Crippen LogP contribution is 2.26. The lowest BCUT2D eigenvalue weighted by molar-refractivity contribution is -0.115. The molecule has 3 amide bonds. The van der Waals surface area contributed by atoms with Gasteiger partial charge in [-0.3, -0.25) is 14.4 Å². The fraction of sp³-hybridized carbons (Fsp3) is 0.143. The highest BCUT2D eigenvalue weighted by molar-refractivity contribution is 8.00. The van der Waals surface area contributed by atoms with Crippen LogP contribution in [0.5, 0.6) is 0 Å². The topological polar surface area (TPSA) is 114 Å². The van der Waals surface area contributed by atoms with Gasteiger partial charge in [-0.25, -0.2) is 4.79 Å². The summed E-state index contributed by atoms with van der Waals surface area (Å²) < 4.78 is 4.98. The molecule has 1 atom stereocenters. The van der Waals surface area contributed by atoms with Crippen molar-refractivity contribution in [2.45, 2.75) is 30.9 Å². The van der Waals surface area contributed by atoms with Gasteiger partial charge in [0.05, 0.1) is 17.4 Å². The fourth-order valence-electron chi connectivity index (χ4n) is 4.07. The third-order valence-electron chi connectivity index (χ3n) is 6.47. The number of benzene rings is 4. The zero-order valence-corrected chi connectivity index (χ0v) is 25.4. The van der Waals surface area contributed by atoms with E-state index in [0.717, 1.165) is 16.0 Å². The summed E-state index contributed by atoms with van der Waals surface area (Å²) in [6.45, 7) is 5.75. The molecule has 44 heavy (non-hydrogen) atoms. The molecule has 0 aromatic heterocycles. The van der Waals surface area contributed by atoms with Crippen LogP contribution in [-0.2, 0) is 14.3 Å². The molecule has 0 spiro atoms. The molecular weight excluding hydrogens is 574 g/mol. The predicted octanol–water partition coefficient (Wildman–Crippen LogP) is 6.70. The first-order valence-electron chi connectivity index (χ1n) is 14.0. The van der Waals surface area contributed by atoms with E-state index < -0.39 is 23.0 Å². The first-order chi connectivity index (χ1) is 21.2. The zero-order chi connectivity index (χ0) is 31.5. The first-order valence-corrected chi connectivity index (χ1v) is 14.9. The Labute approximate surface area is 260 Å². The van der Waals surface area contributed by atoms with E-state index in [0.29, 0.717) is 29.1 Å². The van der Waals surface area contributed by atoms with Gasteiger partial charge >= 0.3 is 5.97 Å². The minimum atomic E-state index is -0.473. The van der Waals surface area contributed by atoms with Crippen LogP contribution in [0.3, 0.4) is 0 Å². The van der Waals surface area contributed by atoms with Gasteiger partial charge in [0.2, 0.25) is 5.91 Å². The molecule has 0 saturated heterocycles. The maximum atomic E-state index is 13.3. The standard InChI is InChI=1S/C35H33N3O5S/c1-4-43-35(42)26-14-16-28(17-15-26)36-32(39)24(3)44-30-20-18-29(19-21-30)37-34(41)31(22-27-13-9-8-10-23(27)2)38-33(40)25-11-6-5-7-12-25/h5-22,24H,4H2,1-3H3,(H,36,39)(H,37,41)(H,38,40)/b31-22-. The van der Waals surface area contributed by atoms with Crippen LogP contribution in [0.2, 0.25) is 0 Å². The monoisotopic (exact) mass is 607 g/mol. The second-order valence-electron chi connectivity index (χ2n) is 9.76. The summed E-state index contributed by atoms with van der Waals surface area (Å²) in [6, 6.07) is 29.9. The SMILES string of the molecule is CCOC(=O)c1ccc(NC(=O)C(C)Sc2ccc(NC(=O)/C(=C/c3ccccc3C)NC(=O)c3ccccc3)cc2)cc1. The fourth-order valence-corrected chi connectivity index (χ4v) is 4.93. The van der Waals surface area contributed by atoms with Crippen molar-refractivity contribution in [3.8, 4) is 0 Å². The Bertz CT molecular complexity index is 1650. The molecule has 4 aromatic rings. The number of aryl methyl sites for hydroxylation is 1. The van der Waals surface area contributed by atoms with E-state index in [1.54, 1.807) is 80.6 Å².